The molecule has 0 bridgehead atoms. The highest BCUT2D eigenvalue weighted by Crippen LogP contribution is 2.36. The highest BCUT2D eigenvalue weighted by atomic mass is 19.3. The topological polar surface area (TPSA) is 108 Å². The fourth-order valence-electron chi connectivity index (χ4n) is 4.51. The monoisotopic (exact) mass is 612 g/mol. The van der Waals surface area contributed by atoms with Crippen LogP contribution in [-0.2, 0) is 0 Å². The van der Waals surface area contributed by atoms with Gasteiger partial charge in [-0.05, 0) is 13.0 Å². The summed E-state index contributed by atoms with van der Waals surface area (Å²) in [6.07, 6.45) is -11.2. The molecule has 2 unspecified atom stereocenters. The summed E-state index contributed by atoms with van der Waals surface area (Å²) >= 11 is 0. The van der Waals surface area contributed by atoms with E-state index in [-0.39, 0.29) is 32.1 Å². The number of benzene rings is 1. The van der Waals surface area contributed by atoms with E-state index >= 15 is 4.39 Å². The zero-order chi connectivity index (χ0) is 31.3. The summed E-state index contributed by atoms with van der Waals surface area (Å²) in [4.78, 5) is 31.3. The first-order valence-electron chi connectivity index (χ1n) is 12.0. The SMILES string of the molecule is CC(NC(=O)c1cn(-c2c(F)cc(F)cc2F)c2nc(N3CC(CO)(CO)C3)c(F)cc2c1=O)(C(F)F)C(F)C(F)F. The maximum Gasteiger partial charge on any atom is 0.271 e. The number of rotatable bonds is 9. The molecular formula is C25H21F9N4O4. The van der Waals surface area contributed by atoms with Crippen molar-refractivity contribution in [1.82, 2.24) is 14.9 Å². The summed E-state index contributed by atoms with van der Waals surface area (Å²) in [6, 6.07) is 0.917. The van der Waals surface area contributed by atoms with Crippen molar-refractivity contribution in [3.05, 3.63) is 63.5 Å². The molecule has 0 spiro atoms. The molecule has 2 atom stereocenters. The van der Waals surface area contributed by atoms with Crippen LogP contribution in [0, 0.1) is 28.7 Å². The molecule has 4 rings (SSSR count). The average molecular weight is 612 g/mol. The highest BCUT2D eigenvalue weighted by Gasteiger charge is 2.50. The van der Waals surface area contributed by atoms with Crippen molar-refractivity contribution in [2.75, 3.05) is 31.2 Å². The Hall–Kier alpha value is -3.86. The standard InChI is InChI=1S/C25H21F9N4O4/c1-24(23(33)34,18(30)19(31)32)36-22(42)12-5-38(16-13(27)2-10(26)3-14(16)28)20-11(17(12)41)4-15(29)21(35-20)37-6-25(7-37,8-39)9-40/h2-5,18-19,23,39-40H,6-9H2,1H3,(H,36,42). The number of carbonyl (C=O) groups is 1. The van der Waals surface area contributed by atoms with Crippen molar-refractivity contribution >= 4 is 22.8 Å². The summed E-state index contributed by atoms with van der Waals surface area (Å²) in [5, 5.41) is 19.5. The van der Waals surface area contributed by atoms with Crippen LogP contribution < -0.4 is 15.6 Å². The molecule has 228 valence electrons. The maximum absolute atomic E-state index is 15.2. The third kappa shape index (κ3) is 5.14. The van der Waals surface area contributed by atoms with E-state index in [2.05, 4.69) is 4.98 Å². The Bertz CT molecular complexity index is 1570. The molecule has 1 fully saturated rings. The van der Waals surface area contributed by atoms with Gasteiger partial charge in [-0.2, -0.15) is 0 Å². The molecule has 2 aromatic heterocycles. The molecule has 17 heteroatoms. The number of aromatic nitrogens is 2. The predicted octanol–water partition coefficient (Wildman–Crippen LogP) is 3.09. The van der Waals surface area contributed by atoms with Gasteiger partial charge in [-0.15, -0.1) is 0 Å². The number of pyridine rings is 2. The van der Waals surface area contributed by atoms with E-state index in [9.17, 15) is 54.9 Å². The number of alkyl halides is 5. The molecule has 0 radical (unpaired) electrons. The van der Waals surface area contributed by atoms with Crippen LogP contribution in [0.5, 0.6) is 0 Å². The van der Waals surface area contributed by atoms with Gasteiger partial charge < -0.3 is 20.4 Å². The summed E-state index contributed by atoms with van der Waals surface area (Å²) in [7, 11) is 0. The fourth-order valence-corrected chi connectivity index (χ4v) is 4.51. The third-order valence-electron chi connectivity index (χ3n) is 7.03. The molecular weight excluding hydrogens is 591 g/mol. The van der Waals surface area contributed by atoms with E-state index in [0.717, 1.165) is 0 Å². The molecule has 8 nitrogen and oxygen atoms in total. The minimum absolute atomic E-state index is 0.139. The van der Waals surface area contributed by atoms with Gasteiger partial charge in [-0.3, -0.25) is 14.2 Å². The van der Waals surface area contributed by atoms with Crippen molar-refractivity contribution < 1.29 is 54.5 Å². The lowest BCUT2D eigenvalue weighted by Crippen LogP contribution is -2.61. The van der Waals surface area contributed by atoms with Crippen LogP contribution in [0.4, 0.5) is 45.3 Å². The predicted molar refractivity (Wildman–Crippen MR) is 129 cm³/mol. The number of anilines is 1. The Morgan fingerprint density at radius 1 is 1.02 bits per heavy atom. The summed E-state index contributed by atoms with van der Waals surface area (Å²) in [5.74, 6) is -8.23. The zero-order valence-electron chi connectivity index (χ0n) is 21.3. The Morgan fingerprint density at radius 3 is 2.10 bits per heavy atom. The summed E-state index contributed by atoms with van der Waals surface area (Å²) < 4.78 is 126. The molecule has 1 amide bonds. The lowest BCUT2D eigenvalue weighted by atomic mass is 9.81. The van der Waals surface area contributed by atoms with Gasteiger partial charge in [0.2, 0.25) is 5.43 Å². The minimum Gasteiger partial charge on any atom is -0.396 e. The number of halogens is 9. The van der Waals surface area contributed by atoms with Gasteiger partial charge in [0.15, 0.2) is 35.1 Å². The van der Waals surface area contributed by atoms with Crippen LogP contribution in [-0.4, -0.2) is 76.5 Å². The smallest absolute Gasteiger partial charge is 0.271 e. The first-order chi connectivity index (χ1) is 19.6. The first-order valence-corrected chi connectivity index (χ1v) is 12.0. The Labute approximate surface area is 230 Å². The summed E-state index contributed by atoms with van der Waals surface area (Å²) in [5.41, 5.74) is -9.17. The number of hydrogen-bond acceptors (Lipinski definition) is 6. The van der Waals surface area contributed by atoms with Crippen molar-refractivity contribution in [1.29, 1.82) is 0 Å². The van der Waals surface area contributed by atoms with Crippen molar-refractivity contribution in [2.24, 2.45) is 5.41 Å². The summed E-state index contributed by atoms with van der Waals surface area (Å²) in [6.45, 7) is -1.02. The lowest BCUT2D eigenvalue weighted by Gasteiger charge is -2.48. The molecule has 3 aromatic rings. The number of fused-ring (bicyclic) bond motifs is 1. The molecule has 1 aliphatic rings. The fraction of sp³-hybridized carbons (Fsp3) is 0.400. The number of aliphatic hydroxyl groups excluding tert-OH is 2. The minimum atomic E-state index is -3.99. The van der Waals surface area contributed by atoms with Gasteiger partial charge in [-0.1, -0.05) is 0 Å². The maximum atomic E-state index is 15.2. The van der Waals surface area contributed by atoms with Gasteiger partial charge >= 0.3 is 0 Å². The molecule has 1 saturated heterocycles. The number of carbonyl (C=O) groups excluding carboxylic acids is 1. The quantitative estimate of drug-likeness (QED) is 0.321. The van der Waals surface area contributed by atoms with Gasteiger partial charge in [0, 0.05) is 31.4 Å². The molecule has 1 aromatic carbocycles. The Kier molecular flexibility index (Phi) is 8.21. The average Bonchev–Trinajstić information content (AvgIpc) is 2.89. The number of nitrogens with zero attached hydrogens (tertiary/aromatic N) is 3. The number of nitrogens with one attached hydrogen (secondary N) is 1. The number of hydrogen-bond donors (Lipinski definition) is 3. The van der Waals surface area contributed by atoms with Crippen molar-refractivity contribution in [3.63, 3.8) is 0 Å². The molecule has 42 heavy (non-hydrogen) atoms. The van der Waals surface area contributed by atoms with Crippen LogP contribution in [0.1, 0.15) is 17.3 Å². The van der Waals surface area contributed by atoms with E-state index in [1.807, 2.05) is 0 Å². The van der Waals surface area contributed by atoms with E-state index in [4.69, 9.17) is 0 Å². The Morgan fingerprint density at radius 2 is 1.60 bits per heavy atom. The lowest BCUT2D eigenvalue weighted by molar-refractivity contribution is -0.0651. The van der Waals surface area contributed by atoms with Gasteiger partial charge in [0.05, 0.1) is 24.0 Å². The molecule has 1 aliphatic heterocycles. The van der Waals surface area contributed by atoms with Gasteiger partial charge in [0.1, 0.15) is 22.6 Å². The van der Waals surface area contributed by atoms with Crippen LogP contribution in [0.25, 0.3) is 16.7 Å². The Balaban J connectivity index is 1.95. The first kappa shape index (κ1) is 31.1. The highest BCUT2D eigenvalue weighted by molar-refractivity contribution is 5.98. The van der Waals surface area contributed by atoms with Crippen molar-refractivity contribution in [2.45, 2.75) is 31.5 Å². The van der Waals surface area contributed by atoms with Crippen LogP contribution in [0.3, 0.4) is 0 Å². The zero-order valence-corrected chi connectivity index (χ0v) is 21.3. The van der Waals surface area contributed by atoms with Gasteiger partial charge in [-0.25, -0.2) is 44.5 Å². The molecule has 3 heterocycles. The molecule has 0 saturated carbocycles. The largest absolute Gasteiger partial charge is 0.396 e. The van der Waals surface area contributed by atoms with E-state index in [0.29, 0.717) is 16.8 Å². The van der Waals surface area contributed by atoms with Crippen LogP contribution in [0.2, 0.25) is 0 Å². The molecule has 3 N–H and O–H groups in total. The second kappa shape index (κ2) is 11.1. The second-order valence-corrected chi connectivity index (χ2v) is 10.1. The van der Waals surface area contributed by atoms with Crippen LogP contribution in [0.15, 0.2) is 29.2 Å². The normalized spacial score (nSPS) is 17.0. The van der Waals surface area contributed by atoms with Crippen LogP contribution >= 0.6 is 0 Å². The third-order valence-corrected chi connectivity index (χ3v) is 7.03. The number of amides is 1. The number of aliphatic hydroxyl groups is 2. The van der Waals surface area contributed by atoms with Crippen molar-refractivity contribution in [3.8, 4) is 5.69 Å². The molecule has 0 aliphatic carbocycles. The second-order valence-electron chi connectivity index (χ2n) is 10.1. The van der Waals surface area contributed by atoms with E-state index in [1.54, 1.807) is 0 Å². The van der Waals surface area contributed by atoms with E-state index < -0.39 is 106 Å². The van der Waals surface area contributed by atoms with Gasteiger partial charge in [0.25, 0.3) is 18.8 Å². The van der Waals surface area contributed by atoms with E-state index in [1.165, 1.54) is 10.2 Å².